The summed E-state index contributed by atoms with van der Waals surface area (Å²) < 4.78 is 0. The van der Waals surface area contributed by atoms with Crippen molar-refractivity contribution in [2.45, 2.75) is 26.3 Å². The Morgan fingerprint density at radius 3 is 2.75 bits per heavy atom. The fourth-order valence-electron chi connectivity index (χ4n) is 2.27. The molecule has 2 heterocycles. The first-order chi connectivity index (χ1) is 11.7. The van der Waals surface area contributed by atoms with E-state index >= 15 is 0 Å². The Kier molecular flexibility index (Phi) is 5.33. The molecule has 0 aliphatic rings. The lowest BCUT2D eigenvalue weighted by atomic mass is 10.1. The number of carbonyl (C=O) groups is 1. The monoisotopic (exact) mass is 337 g/mol. The molecule has 3 rings (SSSR count). The van der Waals surface area contributed by atoms with Crippen molar-refractivity contribution < 1.29 is 4.79 Å². The first-order valence-corrected chi connectivity index (χ1v) is 8.77. The van der Waals surface area contributed by atoms with E-state index < -0.39 is 0 Å². The van der Waals surface area contributed by atoms with E-state index in [-0.39, 0.29) is 5.91 Å². The molecule has 0 radical (unpaired) electrons. The van der Waals surface area contributed by atoms with Gasteiger partial charge in [-0.15, -0.1) is 11.3 Å². The number of hydrogen-bond acceptors (Lipinski definition) is 4. The van der Waals surface area contributed by atoms with Crippen molar-refractivity contribution in [2.24, 2.45) is 0 Å². The van der Waals surface area contributed by atoms with E-state index in [0.717, 1.165) is 22.0 Å². The van der Waals surface area contributed by atoms with Gasteiger partial charge in [-0.25, -0.2) is 4.98 Å². The van der Waals surface area contributed by atoms with Gasteiger partial charge in [0.05, 0.1) is 11.4 Å². The van der Waals surface area contributed by atoms with Crippen LogP contribution in [0.1, 0.15) is 23.2 Å². The molecular weight excluding hydrogens is 318 g/mol. The van der Waals surface area contributed by atoms with Crippen molar-refractivity contribution in [1.82, 2.24) is 15.3 Å². The summed E-state index contributed by atoms with van der Waals surface area (Å²) in [7, 11) is 0. The first kappa shape index (κ1) is 16.3. The van der Waals surface area contributed by atoms with Crippen molar-refractivity contribution >= 4 is 17.2 Å². The summed E-state index contributed by atoms with van der Waals surface area (Å²) in [6, 6.07) is 13.9. The molecule has 0 saturated heterocycles. The van der Waals surface area contributed by atoms with Crippen LogP contribution < -0.4 is 5.32 Å². The summed E-state index contributed by atoms with van der Waals surface area (Å²) in [6.07, 6.45) is 2.84. The number of thiazole rings is 1. The van der Waals surface area contributed by atoms with Crippen LogP contribution in [0.5, 0.6) is 0 Å². The van der Waals surface area contributed by atoms with Crippen molar-refractivity contribution in [2.75, 3.05) is 0 Å². The molecule has 4 nitrogen and oxygen atoms in total. The second-order valence-electron chi connectivity index (χ2n) is 5.62. The van der Waals surface area contributed by atoms with Gasteiger partial charge in [0, 0.05) is 24.5 Å². The highest BCUT2D eigenvalue weighted by atomic mass is 32.1. The number of nitrogens with zero attached hydrogens (tertiary/aromatic N) is 2. The van der Waals surface area contributed by atoms with Gasteiger partial charge in [-0.2, -0.15) is 0 Å². The van der Waals surface area contributed by atoms with Crippen LogP contribution in [0.25, 0.3) is 10.7 Å². The lowest BCUT2D eigenvalue weighted by Gasteiger charge is -2.05. The van der Waals surface area contributed by atoms with Crippen LogP contribution in [-0.2, 0) is 17.8 Å². The van der Waals surface area contributed by atoms with Gasteiger partial charge in [0.1, 0.15) is 5.01 Å². The lowest BCUT2D eigenvalue weighted by Crippen LogP contribution is -2.23. The molecule has 0 atom stereocenters. The molecule has 1 amide bonds. The molecule has 0 aliphatic heterocycles. The average Bonchev–Trinajstić information content (AvgIpc) is 3.09. The number of hydrogen-bond donors (Lipinski definition) is 1. The molecule has 1 N–H and O–H groups in total. The van der Waals surface area contributed by atoms with Gasteiger partial charge in [-0.1, -0.05) is 35.9 Å². The van der Waals surface area contributed by atoms with Crippen LogP contribution in [0.15, 0.2) is 54.0 Å². The minimum atomic E-state index is 0.0444. The fourth-order valence-corrected chi connectivity index (χ4v) is 3.09. The fraction of sp³-hybridized carbons (Fsp3) is 0.211. The number of aryl methyl sites for hydroxylation is 2. The van der Waals surface area contributed by atoms with Gasteiger partial charge in [0.25, 0.3) is 0 Å². The molecule has 5 heteroatoms. The van der Waals surface area contributed by atoms with Crippen molar-refractivity contribution in [3.05, 3.63) is 70.9 Å². The molecule has 3 aromatic rings. The molecule has 0 saturated carbocycles. The van der Waals surface area contributed by atoms with Gasteiger partial charge >= 0.3 is 0 Å². The molecule has 0 aliphatic carbocycles. The summed E-state index contributed by atoms with van der Waals surface area (Å²) in [5.74, 6) is 0.0444. The first-order valence-electron chi connectivity index (χ1n) is 7.89. The molecule has 0 unspecified atom stereocenters. The molecule has 0 fully saturated rings. The van der Waals surface area contributed by atoms with Crippen LogP contribution in [0.2, 0.25) is 0 Å². The molecule has 24 heavy (non-hydrogen) atoms. The van der Waals surface area contributed by atoms with E-state index in [0.29, 0.717) is 19.4 Å². The van der Waals surface area contributed by atoms with Crippen LogP contribution in [0.3, 0.4) is 0 Å². The van der Waals surface area contributed by atoms with Gasteiger partial charge in [-0.05, 0) is 31.0 Å². The van der Waals surface area contributed by atoms with Crippen molar-refractivity contribution in [1.29, 1.82) is 0 Å². The van der Waals surface area contributed by atoms with E-state index in [1.54, 1.807) is 17.5 Å². The summed E-state index contributed by atoms with van der Waals surface area (Å²) in [4.78, 5) is 20.8. The van der Waals surface area contributed by atoms with Crippen molar-refractivity contribution in [3.63, 3.8) is 0 Å². The van der Waals surface area contributed by atoms with Crippen LogP contribution in [0, 0.1) is 6.92 Å². The summed E-state index contributed by atoms with van der Waals surface area (Å²) in [5, 5.41) is 5.84. The Morgan fingerprint density at radius 2 is 2.00 bits per heavy atom. The molecule has 1 aromatic carbocycles. The summed E-state index contributed by atoms with van der Waals surface area (Å²) in [5.41, 5.74) is 4.14. The Bertz CT molecular complexity index is 797. The summed E-state index contributed by atoms with van der Waals surface area (Å²) in [6.45, 7) is 2.62. The largest absolute Gasteiger partial charge is 0.352 e. The second-order valence-corrected chi connectivity index (χ2v) is 6.48. The van der Waals surface area contributed by atoms with E-state index in [1.807, 2.05) is 35.7 Å². The minimum absolute atomic E-state index is 0.0444. The van der Waals surface area contributed by atoms with Gasteiger partial charge in [0.2, 0.25) is 5.91 Å². The highest BCUT2D eigenvalue weighted by molar-refractivity contribution is 7.13. The number of amides is 1. The molecular formula is C19H19N3OS. The zero-order valence-electron chi connectivity index (χ0n) is 13.5. The van der Waals surface area contributed by atoms with E-state index in [9.17, 15) is 4.79 Å². The molecule has 2 aromatic heterocycles. The second kappa shape index (κ2) is 7.84. The predicted molar refractivity (Wildman–Crippen MR) is 96.7 cm³/mol. The number of nitrogens with one attached hydrogen (secondary N) is 1. The third-order valence-corrected chi connectivity index (χ3v) is 4.57. The van der Waals surface area contributed by atoms with E-state index in [2.05, 4.69) is 34.3 Å². The van der Waals surface area contributed by atoms with Gasteiger partial charge < -0.3 is 5.32 Å². The minimum Gasteiger partial charge on any atom is -0.352 e. The zero-order chi connectivity index (χ0) is 16.8. The smallest absolute Gasteiger partial charge is 0.220 e. The molecule has 122 valence electrons. The third kappa shape index (κ3) is 4.49. The number of rotatable bonds is 6. The number of aromatic nitrogens is 2. The Morgan fingerprint density at radius 1 is 1.17 bits per heavy atom. The number of pyridine rings is 1. The van der Waals surface area contributed by atoms with Crippen LogP contribution in [-0.4, -0.2) is 15.9 Å². The maximum Gasteiger partial charge on any atom is 0.220 e. The van der Waals surface area contributed by atoms with Gasteiger partial charge in [0.15, 0.2) is 0 Å². The molecule has 0 spiro atoms. The van der Waals surface area contributed by atoms with Crippen molar-refractivity contribution in [3.8, 4) is 10.7 Å². The topological polar surface area (TPSA) is 54.9 Å². The normalized spacial score (nSPS) is 10.5. The Labute approximate surface area is 145 Å². The van der Waals surface area contributed by atoms with Crippen LogP contribution in [0.4, 0.5) is 0 Å². The maximum atomic E-state index is 12.0. The predicted octanol–water partition coefficient (Wildman–Crippen LogP) is 3.76. The standard InChI is InChI=1S/C19H19N3OS/c1-14-5-7-15(8-6-14)12-21-18(23)10-9-16-13-24-19(22-16)17-4-2-3-11-20-17/h2-8,11,13H,9-10,12H2,1H3,(H,21,23). The highest BCUT2D eigenvalue weighted by Crippen LogP contribution is 2.21. The van der Waals surface area contributed by atoms with E-state index in [1.165, 1.54) is 5.56 Å². The third-order valence-electron chi connectivity index (χ3n) is 3.65. The molecule has 0 bridgehead atoms. The highest BCUT2D eigenvalue weighted by Gasteiger charge is 2.08. The van der Waals surface area contributed by atoms with Gasteiger partial charge in [-0.3, -0.25) is 9.78 Å². The lowest BCUT2D eigenvalue weighted by molar-refractivity contribution is -0.121. The Hall–Kier alpha value is -2.53. The summed E-state index contributed by atoms with van der Waals surface area (Å²) >= 11 is 1.56. The Balaban J connectivity index is 1.48. The zero-order valence-corrected chi connectivity index (χ0v) is 14.3. The van der Waals surface area contributed by atoms with Crippen LogP contribution >= 0.6 is 11.3 Å². The quantitative estimate of drug-likeness (QED) is 0.745. The maximum absolute atomic E-state index is 12.0. The van der Waals surface area contributed by atoms with E-state index in [4.69, 9.17) is 0 Å². The number of carbonyl (C=O) groups excluding carboxylic acids is 1. The SMILES string of the molecule is Cc1ccc(CNC(=O)CCc2csc(-c3ccccn3)n2)cc1. The number of benzene rings is 1. The average molecular weight is 337 g/mol.